The van der Waals surface area contributed by atoms with Gasteiger partial charge in [-0.2, -0.15) is 0 Å². The Morgan fingerprint density at radius 1 is 1.29 bits per heavy atom. The van der Waals surface area contributed by atoms with Crippen LogP contribution in [0.3, 0.4) is 0 Å². The number of carbonyl (C=O) groups is 2. The van der Waals surface area contributed by atoms with Crippen LogP contribution < -0.4 is 11.1 Å². The second-order valence-corrected chi connectivity index (χ2v) is 5.82. The standard InChI is InChI=1S/C16H23N3O2/c1-11-3-4-14(12(2)9-11)18-15(20)10-19-7-5-13(6-8-19)16(17)21/h3-4,9,13H,5-8,10H2,1-2H3,(H2,17,21)(H,18,20). The molecule has 1 aromatic rings. The van der Waals surface area contributed by atoms with Gasteiger partial charge in [0.1, 0.15) is 0 Å². The highest BCUT2D eigenvalue weighted by molar-refractivity contribution is 5.93. The van der Waals surface area contributed by atoms with E-state index in [-0.39, 0.29) is 17.7 Å². The van der Waals surface area contributed by atoms with Crippen molar-refractivity contribution in [1.82, 2.24) is 4.90 Å². The molecule has 1 fully saturated rings. The smallest absolute Gasteiger partial charge is 0.238 e. The van der Waals surface area contributed by atoms with Crippen molar-refractivity contribution in [2.75, 3.05) is 25.0 Å². The molecule has 0 saturated carbocycles. The van der Waals surface area contributed by atoms with Crippen LogP contribution in [0.5, 0.6) is 0 Å². The highest BCUT2D eigenvalue weighted by atomic mass is 16.2. The van der Waals surface area contributed by atoms with E-state index in [2.05, 4.69) is 10.2 Å². The van der Waals surface area contributed by atoms with Crippen LogP contribution in [-0.4, -0.2) is 36.3 Å². The first kappa shape index (κ1) is 15.5. The van der Waals surface area contributed by atoms with Gasteiger partial charge in [-0.25, -0.2) is 0 Å². The van der Waals surface area contributed by atoms with Crippen molar-refractivity contribution in [2.45, 2.75) is 26.7 Å². The first-order valence-corrected chi connectivity index (χ1v) is 7.34. The molecule has 5 nitrogen and oxygen atoms in total. The topological polar surface area (TPSA) is 75.4 Å². The predicted octanol–water partition coefficient (Wildman–Crippen LogP) is 1.44. The van der Waals surface area contributed by atoms with Crippen molar-refractivity contribution in [1.29, 1.82) is 0 Å². The summed E-state index contributed by atoms with van der Waals surface area (Å²) < 4.78 is 0. The zero-order chi connectivity index (χ0) is 15.4. The van der Waals surface area contributed by atoms with E-state index in [0.29, 0.717) is 6.54 Å². The van der Waals surface area contributed by atoms with Gasteiger partial charge in [0.05, 0.1) is 6.54 Å². The van der Waals surface area contributed by atoms with Gasteiger partial charge in [0.15, 0.2) is 0 Å². The lowest BCUT2D eigenvalue weighted by Gasteiger charge is -2.29. The number of nitrogens with two attached hydrogens (primary N) is 1. The van der Waals surface area contributed by atoms with Crippen LogP contribution in [0.4, 0.5) is 5.69 Å². The quantitative estimate of drug-likeness (QED) is 0.880. The van der Waals surface area contributed by atoms with Crippen molar-refractivity contribution in [3.05, 3.63) is 29.3 Å². The number of benzene rings is 1. The molecule has 1 aliphatic rings. The molecule has 2 amide bonds. The van der Waals surface area contributed by atoms with E-state index < -0.39 is 0 Å². The normalized spacial score (nSPS) is 16.7. The fraction of sp³-hybridized carbons (Fsp3) is 0.500. The Balaban J connectivity index is 1.84. The molecule has 1 aromatic carbocycles. The number of anilines is 1. The number of nitrogens with one attached hydrogen (secondary N) is 1. The molecule has 0 unspecified atom stereocenters. The highest BCUT2D eigenvalue weighted by Gasteiger charge is 2.24. The van der Waals surface area contributed by atoms with Gasteiger partial charge in [-0.05, 0) is 51.4 Å². The summed E-state index contributed by atoms with van der Waals surface area (Å²) in [6, 6.07) is 5.97. The number of amides is 2. The van der Waals surface area contributed by atoms with E-state index >= 15 is 0 Å². The molecule has 0 atom stereocenters. The number of piperidine rings is 1. The molecule has 114 valence electrons. The van der Waals surface area contributed by atoms with Crippen molar-refractivity contribution < 1.29 is 9.59 Å². The van der Waals surface area contributed by atoms with Crippen LogP contribution in [0.1, 0.15) is 24.0 Å². The maximum Gasteiger partial charge on any atom is 0.238 e. The molecule has 1 heterocycles. The van der Waals surface area contributed by atoms with Gasteiger partial charge < -0.3 is 11.1 Å². The van der Waals surface area contributed by atoms with E-state index in [1.54, 1.807) is 0 Å². The predicted molar refractivity (Wildman–Crippen MR) is 82.9 cm³/mol. The van der Waals surface area contributed by atoms with Crippen LogP contribution >= 0.6 is 0 Å². The van der Waals surface area contributed by atoms with Gasteiger partial charge in [-0.3, -0.25) is 14.5 Å². The van der Waals surface area contributed by atoms with Crippen LogP contribution in [0.2, 0.25) is 0 Å². The summed E-state index contributed by atoms with van der Waals surface area (Å²) in [7, 11) is 0. The monoisotopic (exact) mass is 289 g/mol. The van der Waals surface area contributed by atoms with E-state index in [9.17, 15) is 9.59 Å². The van der Waals surface area contributed by atoms with Gasteiger partial charge in [0, 0.05) is 11.6 Å². The molecule has 1 aliphatic heterocycles. The summed E-state index contributed by atoms with van der Waals surface area (Å²) in [4.78, 5) is 25.3. The molecule has 0 aromatic heterocycles. The lowest BCUT2D eigenvalue weighted by Crippen LogP contribution is -2.42. The Hall–Kier alpha value is -1.88. The van der Waals surface area contributed by atoms with Crippen LogP contribution in [0, 0.1) is 19.8 Å². The minimum Gasteiger partial charge on any atom is -0.369 e. The van der Waals surface area contributed by atoms with E-state index in [0.717, 1.165) is 37.2 Å². The molecule has 0 radical (unpaired) electrons. The largest absolute Gasteiger partial charge is 0.369 e. The number of hydrogen-bond acceptors (Lipinski definition) is 3. The van der Waals surface area contributed by atoms with E-state index in [4.69, 9.17) is 5.73 Å². The van der Waals surface area contributed by atoms with Crippen molar-refractivity contribution in [3.8, 4) is 0 Å². The molecule has 5 heteroatoms. The summed E-state index contributed by atoms with van der Waals surface area (Å²) in [6.45, 7) is 5.86. The van der Waals surface area contributed by atoms with Crippen molar-refractivity contribution >= 4 is 17.5 Å². The van der Waals surface area contributed by atoms with Gasteiger partial charge in [0.2, 0.25) is 11.8 Å². The number of carbonyl (C=O) groups excluding carboxylic acids is 2. The Morgan fingerprint density at radius 3 is 2.52 bits per heavy atom. The lowest BCUT2D eigenvalue weighted by atomic mass is 9.96. The van der Waals surface area contributed by atoms with Crippen LogP contribution in [0.15, 0.2) is 18.2 Å². The third kappa shape index (κ3) is 4.29. The zero-order valence-corrected chi connectivity index (χ0v) is 12.7. The second kappa shape index (κ2) is 6.72. The number of aryl methyl sites for hydroxylation is 2. The fourth-order valence-corrected chi connectivity index (χ4v) is 2.72. The van der Waals surface area contributed by atoms with E-state index in [1.807, 2.05) is 32.0 Å². The summed E-state index contributed by atoms with van der Waals surface area (Å²) in [5.74, 6) is -0.280. The SMILES string of the molecule is Cc1ccc(NC(=O)CN2CCC(C(N)=O)CC2)c(C)c1. The van der Waals surface area contributed by atoms with Crippen molar-refractivity contribution in [3.63, 3.8) is 0 Å². The number of hydrogen-bond donors (Lipinski definition) is 2. The summed E-state index contributed by atoms with van der Waals surface area (Å²) in [5.41, 5.74) is 8.41. The maximum absolute atomic E-state index is 12.1. The van der Waals surface area contributed by atoms with Gasteiger partial charge in [-0.1, -0.05) is 17.7 Å². The third-order valence-electron chi connectivity index (χ3n) is 4.01. The molecule has 0 spiro atoms. The molecule has 21 heavy (non-hydrogen) atoms. The van der Waals surface area contributed by atoms with Gasteiger partial charge in [-0.15, -0.1) is 0 Å². The number of likely N-dealkylation sites (tertiary alicyclic amines) is 1. The fourth-order valence-electron chi connectivity index (χ4n) is 2.72. The average Bonchev–Trinajstić information content (AvgIpc) is 2.42. The number of nitrogens with zero attached hydrogens (tertiary/aromatic N) is 1. The highest BCUT2D eigenvalue weighted by Crippen LogP contribution is 2.18. The average molecular weight is 289 g/mol. The molecule has 0 bridgehead atoms. The molecule has 0 aliphatic carbocycles. The molecular weight excluding hydrogens is 266 g/mol. The third-order valence-corrected chi connectivity index (χ3v) is 4.01. The molecule has 3 N–H and O–H groups in total. The second-order valence-electron chi connectivity index (χ2n) is 5.82. The molecule has 2 rings (SSSR count). The Labute approximate surface area is 125 Å². The maximum atomic E-state index is 12.1. The minimum absolute atomic E-state index is 0.0144. The Kier molecular flexibility index (Phi) is 4.96. The van der Waals surface area contributed by atoms with Crippen molar-refractivity contribution in [2.24, 2.45) is 11.7 Å². The number of rotatable bonds is 4. The lowest BCUT2D eigenvalue weighted by molar-refractivity contribution is -0.123. The minimum atomic E-state index is -0.227. The summed E-state index contributed by atoms with van der Waals surface area (Å²) in [6.07, 6.45) is 1.48. The Bertz CT molecular complexity index is 534. The molecule has 1 saturated heterocycles. The summed E-state index contributed by atoms with van der Waals surface area (Å²) >= 11 is 0. The van der Waals surface area contributed by atoms with Gasteiger partial charge in [0.25, 0.3) is 0 Å². The van der Waals surface area contributed by atoms with Gasteiger partial charge >= 0.3 is 0 Å². The number of primary amides is 1. The van der Waals surface area contributed by atoms with Crippen LogP contribution in [0.25, 0.3) is 0 Å². The molecular formula is C16H23N3O2. The first-order valence-electron chi connectivity index (χ1n) is 7.34. The van der Waals surface area contributed by atoms with Crippen LogP contribution in [-0.2, 0) is 9.59 Å². The van der Waals surface area contributed by atoms with E-state index in [1.165, 1.54) is 5.56 Å². The Morgan fingerprint density at radius 2 is 1.95 bits per heavy atom. The summed E-state index contributed by atoms with van der Waals surface area (Å²) in [5, 5.41) is 2.95. The zero-order valence-electron chi connectivity index (χ0n) is 12.7. The first-order chi connectivity index (χ1) is 9.95.